The summed E-state index contributed by atoms with van der Waals surface area (Å²) in [6.07, 6.45) is 3.23. The van der Waals surface area contributed by atoms with Gasteiger partial charge in [-0.25, -0.2) is 0 Å². The molecule has 6 heteroatoms. The smallest absolute Gasteiger partial charge is 0.325 e. The Bertz CT molecular complexity index is 895. The molecule has 2 aromatic rings. The summed E-state index contributed by atoms with van der Waals surface area (Å²) < 4.78 is 5.00. The Morgan fingerprint density at radius 1 is 1.03 bits per heavy atom. The number of fused-ring (bicyclic) bond motifs is 1. The van der Waals surface area contributed by atoms with Crippen LogP contribution in [0, 0.1) is 11.8 Å². The fraction of sp³-hybridized carbons (Fsp3) is 0.435. The van der Waals surface area contributed by atoms with E-state index in [4.69, 9.17) is 4.74 Å². The minimum Gasteiger partial charge on any atom is -0.454 e. The highest BCUT2D eigenvalue weighted by Crippen LogP contribution is 2.29. The van der Waals surface area contributed by atoms with Gasteiger partial charge < -0.3 is 15.4 Å². The van der Waals surface area contributed by atoms with Crippen LogP contribution >= 0.6 is 0 Å². The third-order valence-electron chi connectivity index (χ3n) is 5.82. The number of ether oxygens (including phenoxy) is 1. The first-order valence-electron chi connectivity index (χ1n) is 10.2. The van der Waals surface area contributed by atoms with Crippen molar-refractivity contribution in [3.05, 3.63) is 48.0 Å². The summed E-state index contributed by atoms with van der Waals surface area (Å²) in [5.74, 6) is -0.321. The van der Waals surface area contributed by atoms with Gasteiger partial charge in [0.15, 0.2) is 6.61 Å². The van der Waals surface area contributed by atoms with E-state index in [2.05, 4.69) is 24.5 Å². The number of nitrogens with one attached hydrogen (secondary N) is 2. The largest absolute Gasteiger partial charge is 0.454 e. The first-order chi connectivity index (χ1) is 13.9. The van der Waals surface area contributed by atoms with Crippen molar-refractivity contribution in [2.45, 2.75) is 39.2 Å². The molecule has 0 bridgehead atoms. The molecule has 6 nitrogen and oxygen atoms in total. The second kappa shape index (κ2) is 9.54. The zero-order chi connectivity index (χ0) is 20.8. The van der Waals surface area contributed by atoms with Crippen molar-refractivity contribution in [3.63, 3.8) is 0 Å². The minimum absolute atomic E-state index is 0.123. The number of amides is 2. The Morgan fingerprint density at radius 2 is 1.79 bits per heavy atom. The molecule has 1 saturated carbocycles. The van der Waals surface area contributed by atoms with E-state index in [0.717, 1.165) is 23.6 Å². The van der Waals surface area contributed by atoms with Crippen molar-refractivity contribution < 1.29 is 19.1 Å². The minimum atomic E-state index is -0.639. The molecule has 29 heavy (non-hydrogen) atoms. The Hall–Kier alpha value is -2.89. The van der Waals surface area contributed by atoms with E-state index in [9.17, 15) is 14.4 Å². The molecule has 0 aromatic heterocycles. The van der Waals surface area contributed by atoms with Crippen molar-refractivity contribution in [1.82, 2.24) is 10.6 Å². The van der Waals surface area contributed by atoms with E-state index in [1.165, 1.54) is 6.42 Å². The van der Waals surface area contributed by atoms with Gasteiger partial charge in [0.1, 0.15) is 6.54 Å². The first-order valence-corrected chi connectivity index (χ1v) is 10.2. The van der Waals surface area contributed by atoms with Gasteiger partial charge in [-0.3, -0.25) is 14.4 Å². The normalized spacial score (nSPS) is 21.4. The predicted octanol–water partition coefficient (Wildman–Crippen LogP) is 3.05. The average Bonchev–Trinajstić information content (AvgIpc) is 2.73. The van der Waals surface area contributed by atoms with Crippen LogP contribution in [-0.4, -0.2) is 37.0 Å². The number of carbonyl (C=O) groups excluding carboxylic acids is 3. The van der Waals surface area contributed by atoms with Gasteiger partial charge in [-0.15, -0.1) is 0 Å². The number of benzene rings is 2. The molecule has 0 unspecified atom stereocenters. The van der Waals surface area contributed by atoms with E-state index < -0.39 is 5.97 Å². The second-order valence-corrected chi connectivity index (χ2v) is 7.85. The van der Waals surface area contributed by atoms with Gasteiger partial charge >= 0.3 is 5.97 Å². The van der Waals surface area contributed by atoms with E-state index in [1.54, 1.807) is 12.1 Å². The van der Waals surface area contributed by atoms with Crippen LogP contribution < -0.4 is 10.6 Å². The van der Waals surface area contributed by atoms with Crippen LogP contribution in [0.2, 0.25) is 0 Å². The van der Waals surface area contributed by atoms with E-state index in [1.807, 2.05) is 30.3 Å². The maximum Gasteiger partial charge on any atom is 0.325 e. The molecule has 1 aliphatic rings. The molecular weight excluding hydrogens is 368 g/mol. The van der Waals surface area contributed by atoms with Crippen LogP contribution in [0.4, 0.5) is 0 Å². The molecule has 0 heterocycles. The molecule has 0 saturated heterocycles. The van der Waals surface area contributed by atoms with Gasteiger partial charge in [0, 0.05) is 11.6 Å². The Labute approximate surface area is 171 Å². The lowest BCUT2D eigenvalue weighted by atomic mass is 9.78. The number of carbonyl (C=O) groups is 3. The van der Waals surface area contributed by atoms with E-state index >= 15 is 0 Å². The van der Waals surface area contributed by atoms with Crippen molar-refractivity contribution in [3.8, 4) is 0 Å². The lowest BCUT2D eigenvalue weighted by Gasteiger charge is -2.34. The monoisotopic (exact) mass is 396 g/mol. The van der Waals surface area contributed by atoms with Crippen LogP contribution in [0.25, 0.3) is 10.8 Å². The molecule has 3 atom stereocenters. The number of esters is 1. The average molecular weight is 396 g/mol. The topological polar surface area (TPSA) is 84.5 Å². The molecule has 2 N–H and O–H groups in total. The summed E-state index contributed by atoms with van der Waals surface area (Å²) in [6.45, 7) is 3.72. The summed E-state index contributed by atoms with van der Waals surface area (Å²) in [7, 11) is 0. The van der Waals surface area contributed by atoms with Crippen molar-refractivity contribution in [2.24, 2.45) is 11.8 Å². The fourth-order valence-electron chi connectivity index (χ4n) is 3.82. The van der Waals surface area contributed by atoms with Gasteiger partial charge in [0.05, 0.1) is 0 Å². The molecule has 1 aliphatic carbocycles. The lowest BCUT2D eigenvalue weighted by Crippen LogP contribution is -2.45. The molecule has 0 spiro atoms. The quantitative estimate of drug-likeness (QED) is 0.735. The van der Waals surface area contributed by atoms with Crippen molar-refractivity contribution >= 4 is 28.6 Å². The number of hydrogen-bond donors (Lipinski definition) is 2. The highest BCUT2D eigenvalue weighted by atomic mass is 16.5. The second-order valence-electron chi connectivity index (χ2n) is 7.85. The number of hydrogen-bond acceptors (Lipinski definition) is 4. The van der Waals surface area contributed by atoms with Crippen LogP contribution in [0.5, 0.6) is 0 Å². The summed E-state index contributed by atoms with van der Waals surface area (Å²) >= 11 is 0. The highest BCUT2D eigenvalue weighted by molar-refractivity contribution is 5.99. The highest BCUT2D eigenvalue weighted by Gasteiger charge is 2.28. The summed E-state index contributed by atoms with van der Waals surface area (Å²) in [5.41, 5.74) is 0.467. The van der Waals surface area contributed by atoms with Crippen LogP contribution in [0.3, 0.4) is 0 Å². The van der Waals surface area contributed by atoms with Crippen molar-refractivity contribution in [2.75, 3.05) is 13.2 Å². The van der Waals surface area contributed by atoms with Gasteiger partial charge in [0.2, 0.25) is 0 Å². The summed E-state index contributed by atoms with van der Waals surface area (Å²) in [5, 5.41) is 7.48. The molecule has 2 aromatic carbocycles. The van der Waals surface area contributed by atoms with Gasteiger partial charge in [-0.1, -0.05) is 57.0 Å². The maximum atomic E-state index is 12.3. The first kappa shape index (κ1) is 20.8. The zero-order valence-corrected chi connectivity index (χ0v) is 16.9. The Balaban J connectivity index is 1.42. The Kier molecular flexibility index (Phi) is 6.86. The standard InChI is InChI=1S/C23H28N2O4/c1-15-6-5-9-20(16(15)2)25-21(26)14-29-22(27)13-24-23(28)19-11-10-17-7-3-4-8-18(17)12-19/h3-4,7-8,10-12,15-16,20H,5-6,9,13-14H2,1-2H3,(H,24,28)(H,25,26)/t15-,16+,20-/m0/s1. The third kappa shape index (κ3) is 5.56. The molecule has 2 amide bonds. The van der Waals surface area contributed by atoms with Gasteiger partial charge in [0.25, 0.3) is 11.8 Å². The molecule has 0 aliphatic heterocycles. The third-order valence-corrected chi connectivity index (χ3v) is 5.82. The lowest BCUT2D eigenvalue weighted by molar-refractivity contribution is -0.147. The molecule has 0 radical (unpaired) electrons. The van der Waals surface area contributed by atoms with Crippen LogP contribution in [-0.2, 0) is 14.3 Å². The fourth-order valence-corrected chi connectivity index (χ4v) is 3.82. The molecule has 154 valence electrons. The van der Waals surface area contributed by atoms with Crippen LogP contribution in [0.15, 0.2) is 42.5 Å². The van der Waals surface area contributed by atoms with E-state index in [-0.39, 0.29) is 31.0 Å². The van der Waals surface area contributed by atoms with Crippen molar-refractivity contribution in [1.29, 1.82) is 0 Å². The van der Waals surface area contributed by atoms with Gasteiger partial charge in [-0.2, -0.15) is 0 Å². The molecular formula is C23H28N2O4. The summed E-state index contributed by atoms with van der Waals surface area (Å²) in [6, 6.07) is 13.2. The summed E-state index contributed by atoms with van der Waals surface area (Å²) in [4.78, 5) is 36.2. The molecule has 1 fully saturated rings. The zero-order valence-electron chi connectivity index (χ0n) is 16.9. The SMILES string of the molecule is C[C@H]1[C@@H](NC(=O)COC(=O)CNC(=O)c2ccc3ccccc3c2)CCC[C@@H]1C. The Morgan fingerprint density at radius 3 is 2.59 bits per heavy atom. The van der Waals surface area contributed by atoms with E-state index in [0.29, 0.717) is 17.4 Å². The molecule has 3 rings (SSSR count). The number of rotatable bonds is 6. The maximum absolute atomic E-state index is 12.3. The van der Waals surface area contributed by atoms with Crippen LogP contribution in [0.1, 0.15) is 43.5 Å². The van der Waals surface area contributed by atoms with Gasteiger partial charge in [-0.05, 0) is 41.2 Å². The predicted molar refractivity (Wildman–Crippen MR) is 111 cm³/mol.